The third-order valence-corrected chi connectivity index (χ3v) is 7.73. The predicted octanol–water partition coefficient (Wildman–Crippen LogP) is 3.26. The zero-order valence-corrected chi connectivity index (χ0v) is 21.9. The van der Waals surface area contributed by atoms with Crippen molar-refractivity contribution in [1.82, 2.24) is 14.7 Å². The number of nitrogens with zero attached hydrogens (tertiary/aromatic N) is 3. The molecule has 0 aliphatic carbocycles. The number of ether oxygens (including phenoxy) is 1. The van der Waals surface area contributed by atoms with Crippen LogP contribution in [0.3, 0.4) is 0 Å². The second-order valence-electron chi connectivity index (χ2n) is 10.4. The lowest BCUT2D eigenvalue weighted by atomic mass is 9.94. The molecule has 2 heterocycles. The Hall–Kier alpha value is -2.74. The first-order valence-corrected chi connectivity index (χ1v) is 13.0. The van der Waals surface area contributed by atoms with Crippen LogP contribution in [0.2, 0.25) is 0 Å². The number of carbonyl (C=O) groups excluding carboxylic acids is 2. The summed E-state index contributed by atoms with van der Waals surface area (Å²) in [7, 11) is 3.85. The van der Waals surface area contributed by atoms with E-state index in [2.05, 4.69) is 11.8 Å². The molecule has 1 saturated heterocycles. The Labute approximate surface area is 214 Å². The lowest BCUT2D eigenvalue weighted by Gasteiger charge is -2.35. The predicted molar refractivity (Wildman–Crippen MR) is 140 cm³/mol. The summed E-state index contributed by atoms with van der Waals surface area (Å²) in [5, 5.41) is 9.99. The van der Waals surface area contributed by atoms with Crippen molar-refractivity contribution >= 4 is 11.8 Å². The Bertz CT molecular complexity index is 1070. The van der Waals surface area contributed by atoms with Crippen LogP contribution in [-0.4, -0.2) is 90.1 Å². The number of hydrogen-bond donors (Lipinski definition) is 1. The van der Waals surface area contributed by atoms with E-state index in [1.165, 1.54) is 0 Å². The molecule has 2 aromatic rings. The minimum Gasteiger partial charge on any atom is -0.394 e. The summed E-state index contributed by atoms with van der Waals surface area (Å²) >= 11 is 0. The SMILES string of the molecule is C[C@H](CO)N1C[C@H](C)[C@@H](CN(C)C(=O)[C@H]2CCCN2C)OCc2ccccc2-c2ccccc2C1=O. The van der Waals surface area contributed by atoms with E-state index in [0.29, 0.717) is 25.3 Å². The molecule has 194 valence electrons. The molecule has 7 nitrogen and oxygen atoms in total. The zero-order chi connectivity index (χ0) is 25.8. The highest BCUT2D eigenvalue weighted by Crippen LogP contribution is 2.31. The van der Waals surface area contributed by atoms with Gasteiger partial charge in [0.15, 0.2) is 0 Å². The van der Waals surface area contributed by atoms with Crippen molar-refractivity contribution in [2.75, 3.05) is 40.3 Å². The standard InChI is InChI=1S/C29H39N3O4/c1-20-16-32(21(2)18-33)28(34)25-13-8-7-12-24(25)23-11-6-5-10-22(23)19-36-27(20)17-31(4)29(35)26-14-9-15-30(26)3/h5-8,10-13,20-21,26-27,33H,9,14-19H2,1-4H3/t20-,21+,26+,27+/m0/s1. The summed E-state index contributed by atoms with van der Waals surface area (Å²) in [5.41, 5.74) is 3.44. The van der Waals surface area contributed by atoms with Crippen LogP contribution >= 0.6 is 0 Å². The number of aliphatic hydroxyl groups excluding tert-OH is 1. The lowest BCUT2D eigenvalue weighted by Crippen LogP contribution is -2.49. The van der Waals surface area contributed by atoms with Gasteiger partial charge in [0.05, 0.1) is 31.4 Å². The summed E-state index contributed by atoms with van der Waals surface area (Å²) in [6.45, 7) is 5.97. The number of benzene rings is 2. The van der Waals surface area contributed by atoms with Crippen molar-refractivity contribution < 1.29 is 19.4 Å². The van der Waals surface area contributed by atoms with Gasteiger partial charge >= 0.3 is 0 Å². The van der Waals surface area contributed by atoms with Crippen molar-refractivity contribution in [2.45, 2.75) is 51.5 Å². The fourth-order valence-corrected chi connectivity index (χ4v) is 5.39. The number of fused-ring (bicyclic) bond motifs is 3. The molecule has 0 saturated carbocycles. The summed E-state index contributed by atoms with van der Waals surface area (Å²) in [6.07, 6.45) is 1.63. The van der Waals surface area contributed by atoms with Crippen LogP contribution in [0.15, 0.2) is 48.5 Å². The van der Waals surface area contributed by atoms with Crippen molar-refractivity contribution in [3.63, 3.8) is 0 Å². The van der Waals surface area contributed by atoms with Crippen LogP contribution < -0.4 is 0 Å². The second-order valence-corrected chi connectivity index (χ2v) is 10.4. The zero-order valence-electron chi connectivity index (χ0n) is 21.9. The Morgan fingerprint density at radius 2 is 1.81 bits per heavy atom. The van der Waals surface area contributed by atoms with Gasteiger partial charge in [0.25, 0.3) is 5.91 Å². The lowest BCUT2D eigenvalue weighted by molar-refractivity contribution is -0.137. The summed E-state index contributed by atoms with van der Waals surface area (Å²) < 4.78 is 6.53. The van der Waals surface area contributed by atoms with Crippen LogP contribution in [0.5, 0.6) is 0 Å². The van der Waals surface area contributed by atoms with Crippen LogP contribution in [0.1, 0.15) is 42.6 Å². The van der Waals surface area contributed by atoms with Gasteiger partial charge in [-0.25, -0.2) is 0 Å². The van der Waals surface area contributed by atoms with Gasteiger partial charge < -0.3 is 19.6 Å². The number of likely N-dealkylation sites (tertiary alicyclic amines) is 1. The van der Waals surface area contributed by atoms with E-state index in [9.17, 15) is 14.7 Å². The monoisotopic (exact) mass is 493 g/mol. The van der Waals surface area contributed by atoms with E-state index in [-0.39, 0.29) is 42.5 Å². The van der Waals surface area contributed by atoms with Crippen LogP contribution in [0, 0.1) is 5.92 Å². The van der Waals surface area contributed by atoms with Crippen molar-refractivity contribution in [3.8, 4) is 11.1 Å². The number of rotatable bonds is 5. The average Bonchev–Trinajstić information content (AvgIpc) is 3.33. The van der Waals surface area contributed by atoms with E-state index >= 15 is 0 Å². The van der Waals surface area contributed by atoms with Gasteiger partial charge in [-0.1, -0.05) is 49.4 Å². The van der Waals surface area contributed by atoms with Gasteiger partial charge in [0.1, 0.15) is 0 Å². The fraction of sp³-hybridized carbons (Fsp3) is 0.517. The van der Waals surface area contributed by atoms with Crippen molar-refractivity contribution in [1.29, 1.82) is 0 Å². The highest BCUT2D eigenvalue weighted by atomic mass is 16.5. The first-order chi connectivity index (χ1) is 17.3. The topological polar surface area (TPSA) is 73.3 Å². The first-order valence-electron chi connectivity index (χ1n) is 13.0. The van der Waals surface area contributed by atoms with E-state index in [1.54, 1.807) is 9.80 Å². The Morgan fingerprint density at radius 3 is 2.47 bits per heavy atom. The summed E-state index contributed by atoms with van der Waals surface area (Å²) in [4.78, 5) is 32.8. The van der Waals surface area contributed by atoms with Gasteiger partial charge in [-0.15, -0.1) is 0 Å². The molecule has 2 aliphatic rings. The van der Waals surface area contributed by atoms with Gasteiger partial charge in [0, 0.05) is 31.6 Å². The summed E-state index contributed by atoms with van der Waals surface area (Å²) in [5.74, 6) is -0.0482. The number of aliphatic hydroxyl groups is 1. The molecule has 2 aromatic carbocycles. The molecular weight excluding hydrogens is 454 g/mol. The maximum Gasteiger partial charge on any atom is 0.254 e. The minimum absolute atomic E-state index is 0.0584. The highest BCUT2D eigenvalue weighted by Gasteiger charge is 2.34. The molecule has 0 aromatic heterocycles. The average molecular weight is 494 g/mol. The molecule has 0 radical (unpaired) electrons. The molecular formula is C29H39N3O4. The number of carbonyl (C=O) groups is 2. The van der Waals surface area contributed by atoms with E-state index in [4.69, 9.17) is 4.74 Å². The summed E-state index contributed by atoms with van der Waals surface area (Å²) in [6, 6.07) is 15.2. The molecule has 0 spiro atoms. The molecule has 1 N–H and O–H groups in total. The molecule has 4 atom stereocenters. The van der Waals surface area contributed by atoms with Gasteiger partial charge in [0.2, 0.25) is 5.91 Å². The molecule has 4 rings (SSSR count). The van der Waals surface area contributed by atoms with E-state index in [1.807, 2.05) is 69.6 Å². The second kappa shape index (κ2) is 11.5. The molecule has 1 fully saturated rings. The largest absolute Gasteiger partial charge is 0.394 e. The Kier molecular flexibility index (Phi) is 8.44. The normalized spacial score (nSPS) is 24.0. The smallest absolute Gasteiger partial charge is 0.254 e. The number of amides is 2. The quantitative estimate of drug-likeness (QED) is 0.692. The highest BCUT2D eigenvalue weighted by molar-refractivity contribution is 6.01. The van der Waals surface area contributed by atoms with E-state index < -0.39 is 0 Å². The molecule has 0 bridgehead atoms. The third-order valence-electron chi connectivity index (χ3n) is 7.73. The molecule has 2 aliphatic heterocycles. The number of likely N-dealkylation sites (N-methyl/N-ethyl adjacent to an activating group) is 2. The molecule has 7 heteroatoms. The van der Waals surface area contributed by atoms with Crippen molar-refractivity contribution in [2.24, 2.45) is 5.92 Å². The minimum atomic E-state index is -0.351. The molecule has 2 amide bonds. The van der Waals surface area contributed by atoms with Gasteiger partial charge in [-0.05, 0) is 56.1 Å². The van der Waals surface area contributed by atoms with Gasteiger partial charge in [-0.3, -0.25) is 14.5 Å². The Balaban J connectivity index is 1.68. The maximum atomic E-state index is 13.9. The van der Waals surface area contributed by atoms with E-state index in [0.717, 1.165) is 36.1 Å². The molecule has 36 heavy (non-hydrogen) atoms. The van der Waals surface area contributed by atoms with Crippen LogP contribution in [-0.2, 0) is 16.1 Å². The maximum absolute atomic E-state index is 13.9. The van der Waals surface area contributed by atoms with Crippen LogP contribution in [0.4, 0.5) is 0 Å². The van der Waals surface area contributed by atoms with Crippen LogP contribution in [0.25, 0.3) is 11.1 Å². The molecule has 0 unspecified atom stereocenters. The van der Waals surface area contributed by atoms with Gasteiger partial charge in [-0.2, -0.15) is 0 Å². The fourth-order valence-electron chi connectivity index (χ4n) is 5.39. The van der Waals surface area contributed by atoms with Crippen molar-refractivity contribution in [3.05, 3.63) is 59.7 Å². The Morgan fingerprint density at radius 1 is 1.14 bits per heavy atom. The third kappa shape index (κ3) is 5.48. The first kappa shape index (κ1) is 26.3. The number of hydrogen-bond acceptors (Lipinski definition) is 5.